The van der Waals surface area contributed by atoms with Crippen molar-refractivity contribution < 1.29 is 4.79 Å². The van der Waals surface area contributed by atoms with E-state index in [0.717, 1.165) is 18.9 Å². The molecule has 88 valence electrons. The SMILES string of the molecule is O=C(NCC1CCSC1)C1CC2C=CC1C2. The maximum atomic E-state index is 12.0. The average Bonchev–Trinajstić information content (AvgIpc) is 3.01. The van der Waals surface area contributed by atoms with Gasteiger partial charge in [-0.15, -0.1) is 0 Å². The first kappa shape index (κ1) is 10.7. The summed E-state index contributed by atoms with van der Waals surface area (Å²) in [7, 11) is 0. The highest BCUT2D eigenvalue weighted by molar-refractivity contribution is 7.99. The van der Waals surface area contributed by atoms with E-state index in [1.165, 1.54) is 24.3 Å². The van der Waals surface area contributed by atoms with Crippen LogP contribution in [0.4, 0.5) is 0 Å². The van der Waals surface area contributed by atoms with Crippen LogP contribution in [0.3, 0.4) is 0 Å². The first-order valence-corrected chi connectivity index (χ1v) is 7.52. The number of carbonyl (C=O) groups is 1. The Labute approximate surface area is 101 Å². The highest BCUT2D eigenvalue weighted by Crippen LogP contribution is 2.43. The van der Waals surface area contributed by atoms with Gasteiger partial charge in [-0.05, 0) is 48.5 Å². The minimum absolute atomic E-state index is 0.282. The smallest absolute Gasteiger partial charge is 0.223 e. The Morgan fingerprint density at radius 2 is 2.31 bits per heavy atom. The fourth-order valence-electron chi connectivity index (χ4n) is 3.20. The van der Waals surface area contributed by atoms with Crippen molar-refractivity contribution in [3.63, 3.8) is 0 Å². The Balaban J connectivity index is 1.48. The van der Waals surface area contributed by atoms with Crippen LogP contribution in [0.1, 0.15) is 19.3 Å². The number of amides is 1. The van der Waals surface area contributed by atoms with Gasteiger partial charge >= 0.3 is 0 Å². The molecule has 1 N–H and O–H groups in total. The van der Waals surface area contributed by atoms with Crippen LogP contribution in [0.15, 0.2) is 12.2 Å². The number of thioether (sulfide) groups is 1. The van der Waals surface area contributed by atoms with E-state index < -0.39 is 0 Å². The zero-order valence-corrected chi connectivity index (χ0v) is 10.3. The Hall–Kier alpha value is -0.440. The summed E-state index contributed by atoms with van der Waals surface area (Å²) in [4.78, 5) is 12.0. The van der Waals surface area contributed by atoms with E-state index in [2.05, 4.69) is 17.5 Å². The van der Waals surface area contributed by atoms with Crippen molar-refractivity contribution in [2.45, 2.75) is 19.3 Å². The molecule has 0 radical (unpaired) electrons. The normalized spacial score (nSPS) is 40.5. The van der Waals surface area contributed by atoms with E-state index in [9.17, 15) is 4.79 Å². The molecule has 1 saturated heterocycles. The Kier molecular flexibility index (Phi) is 2.97. The lowest BCUT2D eigenvalue weighted by molar-refractivity contribution is -0.125. The van der Waals surface area contributed by atoms with Crippen LogP contribution in [0.2, 0.25) is 0 Å². The Bertz CT molecular complexity index is 309. The minimum atomic E-state index is 0.282. The lowest BCUT2D eigenvalue weighted by Gasteiger charge is -2.18. The molecule has 0 aromatic heterocycles. The van der Waals surface area contributed by atoms with E-state index in [4.69, 9.17) is 0 Å². The molecule has 2 fully saturated rings. The molecule has 1 amide bonds. The number of rotatable bonds is 3. The Morgan fingerprint density at radius 1 is 1.38 bits per heavy atom. The maximum Gasteiger partial charge on any atom is 0.223 e. The molecule has 1 saturated carbocycles. The van der Waals surface area contributed by atoms with Crippen molar-refractivity contribution in [3.05, 3.63) is 12.2 Å². The molecule has 3 aliphatic rings. The second kappa shape index (κ2) is 4.44. The fourth-order valence-corrected chi connectivity index (χ4v) is 4.49. The van der Waals surface area contributed by atoms with Crippen molar-refractivity contribution in [1.82, 2.24) is 5.32 Å². The largest absolute Gasteiger partial charge is 0.356 e. The van der Waals surface area contributed by atoms with Crippen molar-refractivity contribution in [2.24, 2.45) is 23.7 Å². The van der Waals surface area contributed by atoms with Gasteiger partial charge in [0.2, 0.25) is 5.91 Å². The first-order valence-electron chi connectivity index (χ1n) is 6.36. The zero-order valence-electron chi connectivity index (χ0n) is 9.52. The molecule has 0 spiro atoms. The van der Waals surface area contributed by atoms with Crippen LogP contribution in [-0.2, 0) is 4.79 Å². The van der Waals surface area contributed by atoms with E-state index in [1.807, 2.05) is 11.8 Å². The molecule has 3 heteroatoms. The summed E-state index contributed by atoms with van der Waals surface area (Å²) < 4.78 is 0. The van der Waals surface area contributed by atoms with Crippen LogP contribution < -0.4 is 5.32 Å². The summed E-state index contributed by atoms with van der Waals surface area (Å²) in [5, 5.41) is 3.17. The molecule has 2 aliphatic carbocycles. The van der Waals surface area contributed by atoms with Gasteiger partial charge in [0.1, 0.15) is 0 Å². The van der Waals surface area contributed by atoms with Crippen molar-refractivity contribution in [2.75, 3.05) is 18.1 Å². The topological polar surface area (TPSA) is 29.1 Å². The van der Waals surface area contributed by atoms with Crippen molar-refractivity contribution >= 4 is 17.7 Å². The summed E-state index contributed by atoms with van der Waals surface area (Å²) in [6.07, 6.45) is 8.14. The lowest BCUT2D eigenvalue weighted by atomic mass is 9.92. The number of nitrogens with one attached hydrogen (secondary N) is 1. The second-order valence-electron chi connectivity index (χ2n) is 5.36. The summed E-state index contributed by atoms with van der Waals surface area (Å²) >= 11 is 2.02. The summed E-state index contributed by atoms with van der Waals surface area (Å²) in [5.74, 6) is 5.07. The minimum Gasteiger partial charge on any atom is -0.356 e. The maximum absolute atomic E-state index is 12.0. The van der Waals surface area contributed by atoms with Crippen LogP contribution in [0, 0.1) is 23.7 Å². The van der Waals surface area contributed by atoms with Crippen LogP contribution in [0.25, 0.3) is 0 Å². The number of hydrogen-bond acceptors (Lipinski definition) is 2. The second-order valence-corrected chi connectivity index (χ2v) is 6.51. The molecule has 4 atom stereocenters. The Morgan fingerprint density at radius 3 is 2.94 bits per heavy atom. The number of carbonyl (C=O) groups excluding carboxylic acids is 1. The zero-order chi connectivity index (χ0) is 11.0. The van der Waals surface area contributed by atoms with Gasteiger partial charge in [0, 0.05) is 12.5 Å². The van der Waals surface area contributed by atoms with E-state index in [1.54, 1.807) is 0 Å². The average molecular weight is 237 g/mol. The molecular weight excluding hydrogens is 218 g/mol. The van der Waals surface area contributed by atoms with Crippen molar-refractivity contribution in [3.8, 4) is 0 Å². The quantitative estimate of drug-likeness (QED) is 0.761. The van der Waals surface area contributed by atoms with Gasteiger partial charge in [0.05, 0.1) is 0 Å². The van der Waals surface area contributed by atoms with E-state index in [-0.39, 0.29) is 5.92 Å². The molecular formula is C13H19NOS. The van der Waals surface area contributed by atoms with Gasteiger partial charge in [-0.1, -0.05) is 12.2 Å². The van der Waals surface area contributed by atoms with Gasteiger partial charge < -0.3 is 5.32 Å². The van der Waals surface area contributed by atoms with Crippen LogP contribution >= 0.6 is 11.8 Å². The number of allylic oxidation sites excluding steroid dienone is 2. The van der Waals surface area contributed by atoms with Crippen molar-refractivity contribution in [1.29, 1.82) is 0 Å². The lowest BCUT2D eigenvalue weighted by Crippen LogP contribution is -2.36. The molecule has 0 aromatic rings. The van der Waals surface area contributed by atoms with E-state index >= 15 is 0 Å². The third kappa shape index (κ3) is 2.02. The van der Waals surface area contributed by atoms with Gasteiger partial charge in [-0.2, -0.15) is 11.8 Å². The predicted molar refractivity (Wildman–Crippen MR) is 67.3 cm³/mol. The van der Waals surface area contributed by atoms with E-state index in [0.29, 0.717) is 17.7 Å². The third-order valence-corrected chi connectivity index (χ3v) is 5.44. The molecule has 4 unspecified atom stereocenters. The molecule has 16 heavy (non-hydrogen) atoms. The summed E-state index contributed by atoms with van der Waals surface area (Å²) in [6.45, 7) is 0.906. The van der Waals surface area contributed by atoms with Crippen LogP contribution in [-0.4, -0.2) is 24.0 Å². The molecule has 1 heterocycles. The fraction of sp³-hybridized carbons (Fsp3) is 0.769. The van der Waals surface area contributed by atoms with Gasteiger partial charge in [-0.25, -0.2) is 0 Å². The number of fused-ring (bicyclic) bond motifs is 2. The molecule has 2 bridgehead atoms. The standard InChI is InChI=1S/C13H19NOS/c15-13(14-7-10-3-4-16-8-10)12-6-9-1-2-11(12)5-9/h1-2,9-12H,3-8H2,(H,14,15). The van der Waals surface area contributed by atoms with Crippen LogP contribution in [0.5, 0.6) is 0 Å². The predicted octanol–water partition coefficient (Wildman–Crippen LogP) is 2.07. The highest BCUT2D eigenvalue weighted by Gasteiger charge is 2.39. The van der Waals surface area contributed by atoms with Gasteiger partial charge in [-0.3, -0.25) is 4.79 Å². The monoisotopic (exact) mass is 237 g/mol. The summed E-state index contributed by atoms with van der Waals surface area (Å²) in [5.41, 5.74) is 0. The molecule has 0 aromatic carbocycles. The highest BCUT2D eigenvalue weighted by atomic mass is 32.2. The molecule has 1 aliphatic heterocycles. The molecule has 3 rings (SSSR count). The molecule has 2 nitrogen and oxygen atoms in total. The number of hydrogen-bond donors (Lipinski definition) is 1. The van der Waals surface area contributed by atoms with Gasteiger partial charge in [0.15, 0.2) is 0 Å². The van der Waals surface area contributed by atoms with Gasteiger partial charge in [0.25, 0.3) is 0 Å². The first-order chi connectivity index (χ1) is 7.83. The summed E-state index contributed by atoms with van der Waals surface area (Å²) in [6, 6.07) is 0. The third-order valence-electron chi connectivity index (χ3n) is 4.20.